The molecule has 0 unspecified atom stereocenters. The van der Waals surface area contributed by atoms with Crippen molar-refractivity contribution in [2.45, 2.75) is 6.92 Å². The van der Waals surface area contributed by atoms with E-state index in [4.69, 9.17) is 23.1 Å². The summed E-state index contributed by atoms with van der Waals surface area (Å²) in [5, 5.41) is 8.15. The van der Waals surface area contributed by atoms with Gasteiger partial charge in [-0.05, 0) is 6.92 Å². The van der Waals surface area contributed by atoms with Gasteiger partial charge in [0.05, 0.1) is 0 Å². The third kappa shape index (κ3) is 3.93. The lowest BCUT2D eigenvalue weighted by molar-refractivity contribution is 0.0971. The number of hydrogen-bond acceptors (Lipinski definition) is 9. The van der Waals surface area contributed by atoms with Gasteiger partial charge in [0.1, 0.15) is 6.67 Å². The van der Waals surface area contributed by atoms with E-state index in [0.29, 0.717) is 12.5 Å². The number of rotatable bonds is 2. The number of carbonyl (C=O) groups excluding carboxylic acids is 1. The van der Waals surface area contributed by atoms with Crippen molar-refractivity contribution in [1.82, 2.24) is 25.9 Å². The molecule has 0 bridgehead atoms. The molecule has 0 atom stereocenters. The molecule has 12 heteroatoms. The second-order valence-electron chi connectivity index (χ2n) is 3.89. The number of aromatic nitrogens is 2. The minimum atomic E-state index is -0.606. The van der Waals surface area contributed by atoms with E-state index in [9.17, 15) is 4.79 Å². The Labute approximate surface area is 130 Å². The Morgan fingerprint density at radius 2 is 2.09 bits per heavy atom. The predicted molar refractivity (Wildman–Crippen MR) is 83.5 cm³/mol. The number of anilines is 2. The Morgan fingerprint density at radius 3 is 2.77 bits per heavy atom. The van der Waals surface area contributed by atoms with Gasteiger partial charge >= 0.3 is 0 Å². The van der Waals surface area contributed by atoms with Crippen LogP contribution in [0.5, 0.6) is 0 Å². The number of nitrogens with zero attached hydrogens (tertiary/aromatic N) is 4. The second kappa shape index (κ2) is 7.38. The fraction of sp³-hybridized carbons (Fsp3) is 0.300. The van der Waals surface area contributed by atoms with Crippen LogP contribution in [0.3, 0.4) is 0 Å². The summed E-state index contributed by atoms with van der Waals surface area (Å²) in [6.45, 7) is 2.85. The van der Waals surface area contributed by atoms with Crippen LogP contribution in [0.2, 0.25) is 5.15 Å². The van der Waals surface area contributed by atoms with Crippen LogP contribution in [0.1, 0.15) is 17.4 Å². The molecule has 2 rings (SSSR count). The van der Waals surface area contributed by atoms with Gasteiger partial charge in [-0.2, -0.15) is 4.99 Å². The van der Waals surface area contributed by atoms with Gasteiger partial charge in [0.2, 0.25) is 11.9 Å². The Bertz CT molecular complexity index is 631. The average molecular weight is 330 g/mol. The monoisotopic (exact) mass is 329 g/mol. The molecular weight excluding hydrogens is 314 g/mol. The van der Waals surface area contributed by atoms with E-state index in [0.717, 1.165) is 0 Å². The maximum atomic E-state index is 12.1. The Hall–Kier alpha value is -2.66. The van der Waals surface area contributed by atoms with Crippen LogP contribution in [0.4, 0.5) is 11.6 Å². The van der Waals surface area contributed by atoms with Crippen molar-refractivity contribution in [2.24, 2.45) is 9.98 Å². The van der Waals surface area contributed by atoms with Crippen molar-refractivity contribution in [3.05, 3.63) is 10.8 Å². The molecule has 1 aliphatic rings. The summed E-state index contributed by atoms with van der Waals surface area (Å²) in [4.78, 5) is 27.8. The standard InChI is InChI=1S/C10H14ClN9O.H2O/c1-2-14-9-15-3-16-10(20-9)19-8(21)4-6(12)18-7(13)5(11)17-4;/h2-3H2,1H3,(H4,12,13,18)(H3,14,15,16,19,20,21);1H2. The van der Waals surface area contributed by atoms with Gasteiger partial charge in [-0.15, -0.1) is 0 Å². The van der Waals surface area contributed by atoms with Crippen molar-refractivity contribution >= 4 is 41.1 Å². The lowest BCUT2D eigenvalue weighted by Crippen LogP contribution is -2.45. The Balaban J connectivity index is 0.00000242. The molecule has 0 spiro atoms. The first-order chi connectivity index (χ1) is 10.0. The Morgan fingerprint density at radius 1 is 1.36 bits per heavy atom. The summed E-state index contributed by atoms with van der Waals surface area (Å²) in [6.07, 6.45) is 0. The summed E-state index contributed by atoms with van der Waals surface area (Å²) in [7, 11) is 0. The van der Waals surface area contributed by atoms with Crippen molar-refractivity contribution < 1.29 is 10.3 Å². The summed E-state index contributed by atoms with van der Waals surface area (Å²) in [5.41, 5.74) is 10.9. The normalized spacial score (nSPS) is 13.2. The van der Waals surface area contributed by atoms with E-state index < -0.39 is 5.91 Å². The number of guanidine groups is 2. The van der Waals surface area contributed by atoms with E-state index in [1.165, 1.54) is 0 Å². The highest BCUT2D eigenvalue weighted by molar-refractivity contribution is 6.31. The van der Waals surface area contributed by atoms with Gasteiger partial charge < -0.3 is 27.6 Å². The second-order valence-corrected chi connectivity index (χ2v) is 4.25. The molecule has 1 aromatic rings. The molecule has 11 nitrogen and oxygen atoms in total. The molecule has 0 aromatic carbocycles. The lowest BCUT2D eigenvalue weighted by Gasteiger charge is -2.15. The van der Waals surface area contributed by atoms with Gasteiger partial charge in [0, 0.05) is 6.54 Å². The van der Waals surface area contributed by atoms with Crippen molar-refractivity contribution in [1.29, 1.82) is 0 Å². The molecule has 1 amide bonds. The largest absolute Gasteiger partial charge is 0.412 e. The van der Waals surface area contributed by atoms with Crippen molar-refractivity contribution in [2.75, 3.05) is 24.7 Å². The summed E-state index contributed by atoms with van der Waals surface area (Å²) >= 11 is 5.73. The van der Waals surface area contributed by atoms with Crippen LogP contribution >= 0.6 is 11.6 Å². The molecule has 22 heavy (non-hydrogen) atoms. The van der Waals surface area contributed by atoms with E-state index in [1.807, 2.05) is 6.92 Å². The molecule has 120 valence electrons. The molecule has 1 aromatic heterocycles. The van der Waals surface area contributed by atoms with Crippen LogP contribution in [0.25, 0.3) is 0 Å². The first kappa shape index (κ1) is 17.4. The fourth-order valence-electron chi connectivity index (χ4n) is 1.47. The van der Waals surface area contributed by atoms with Crippen molar-refractivity contribution in [3.63, 3.8) is 0 Å². The highest BCUT2D eigenvalue weighted by Gasteiger charge is 2.18. The highest BCUT2D eigenvalue weighted by atomic mass is 35.5. The minimum Gasteiger partial charge on any atom is -0.412 e. The number of amides is 1. The summed E-state index contributed by atoms with van der Waals surface area (Å²) in [6, 6.07) is 0. The number of aliphatic imine (C=N–C) groups is 2. The number of hydrogen-bond donors (Lipinski definition) is 5. The van der Waals surface area contributed by atoms with Gasteiger partial charge in [0.15, 0.2) is 22.5 Å². The molecule has 0 aliphatic carbocycles. The van der Waals surface area contributed by atoms with Crippen LogP contribution < -0.4 is 27.4 Å². The van der Waals surface area contributed by atoms with Gasteiger partial charge in [-0.1, -0.05) is 11.6 Å². The van der Waals surface area contributed by atoms with E-state index >= 15 is 0 Å². The summed E-state index contributed by atoms with van der Waals surface area (Å²) < 4.78 is 0. The maximum Gasteiger partial charge on any atom is 0.280 e. The molecule has 0 fully saturated rings. The van der Waals surface area contributed by atoms with Gasteiger partial charge in [0.25, 0.3) is 5.91 Å². The van der Waals surface area contributed by atoms with Crippen LogP contribution in [-0.4, -0.2) is 46.5 Å². The topological polar surface area (TPSA) is 187 Å². The number of nitrogens with two attached hydrogens (primary N) is 2. The zero-order valence-electron chi connectivity index (χ0n) is 11.6. The van der Waals surface area contributed by atoms with Gasteiger partial charge in [-0.3, -0.25) is 10.1 Å². The van der Waals surface area contributed by atoms with E-state index in [2.05, 4.69) is 35.9 Å². The molecule has 2 heterocycles. The quantitative estimate of drug-likeness (QED) is 0.418. The highest BCUT2D eigenvalue weighted by Crippen LogP contribution is 2.17. The van der Waals surface area contributed by atoms with Crippen LogP contribution in [0, 0.1) is 0 Å². The molecule has 1 aliphatic heterocycles. The first-order valence-corrected chi connectivity index (χ1v) is 6.39. The lowest BCUT2D eigenvalue weighted by atomic mass is 10.4. The Kier molecular flexibility index (Phi) is 5.83. The average Bonchev–Trinajstić information content (AvgIpc) is 2.43. The zero-order chi connectivity index (χ0) is 15.4. The van der Waals surface area contributed by atoms with E-state index in [1.54, 1.807) is 0 Å². The smallest absolute Gasteiger partial charge is 0.280 e. The molecule has 0 saturated heterocycles. The van der Waals surface area contributed by atoms with Gasteiger partial charge in [-0.25, -0.2) is 15.0 Å². The van der Waals surface area contributed by atoms with E-state index in [-0.39, 0.29) is 40.6 Å². The van der Waals surface area contributed by atoms with Crippen molar-refractivity contribution in [3.8, 4) is 0 Å². The zero-order valence-corrected chi connectivity index (χ0v) is 12.4. The molecule has 0 saturated carbocycles. The molecule has 9 N–H and O–H groups in total. The SMILES string of the molecule is CCNC1=NCNC(NC(=O)c2nc(Cl)c(N)nc2N)=N1.O. The third-order valence-corrected chi connectivity index (χ3v) is 2.66. The molecular formula is C10H16ClN9O2. The predicted octanol–water partition coefficient (Wildman–Crippen LogP) is -1.92. The maximum absolute atomic E-state index is 12.1. The first-order valence-electron chi connectivity index (χ1n) is 6.02. The summed E-state index contributed by atoms with van der Waals surface area (Å²) in [5.74, 6) is -0.126. The number of carbonyl (C=O) groups is 1. The third-order valence-electron chi connectivity index (χ3n) is 2.38. The minimum absolute atomic E-state index is 0. The number of nitrogen functional groups attached to an aromatic ring is 2. The number of halogens is 1. The van der Waals surface area contributed by atoms with Crippen LogP contribution in [0.15, 0.2) is 9.98 Å². The fourth-order valence-corrected chi connectivity index (χ4v) is 1.60. The van der Waals surface area contributed by atoms with Crippen LogP contribution in [-0.2, 0) is 0 Å². The number of nitrogens with one attached hydrogen (secondary N) is 3. The molecule has 0 radical (unpaired) electrons.